The van der Waals surface area contributed by atoms with Crippen LogP contribution in [0.1, 0.15) is 32.1 Å². The van der Waals surface area contributed by atoms with E-state index in [1.165, 1.54) is 25.8 Å². The molecular weight excluding hydrogens is 200 g/mol. The van der Waals surface area contributed by atoms with E-state index in [9.17, 15) is 4.79 Å². The van der Waals surface area contributed by atoms with Crippen molar-refractivity contribution < 1.29 is 4.79 Å². The molecule has 3 nitrogen and oxygen atoms in total. The van der Waals surface area contributed by atoms with Gasteiger partial charge in [0, 0.05) is 38.6 Å². The van der Waals surface area contributed by atoms with Crippen molar-refractivity contribution in [1.82, 2.24) is 9.80 Å². The third-order valence-corrected chi connectivity index (χ3v) is 4.35. The molecule has 3 aliphatic rings. The maximum Gasteiger partial charge on any atom is 0.225 e. The molecular formula is C13H22N2O. The Hall–Kier alpha value is -0.570. The molecule has 1 amide bonds. The lowest BCUT2D eigenvalue weighted by Crippen LogP contribution is -2.51. The molecule has 0 radical (unpaired) electrons. The molecule has 0 aromatic rings. The summed E-state index contributed by atoms with van der Waals surface area (Å²) in [6.45, 7) is 5.44. The quantitative estimate of drug-likeness (QED) is 0.719. The van der Waals surface area contributed by atoms with Crippen LogP contribution in [0.25, 0.3) is 0 Å². The normalized spacial score (nSPS) is 27.9. The molecule has 0 spiro atoms. The summed E-state index contributed by atoms with van der Waals surface area (Å²) < 4.78 is 0. The van der Waals surface area contributed by atoms with Crippen molar-refractivity contribution in [3.8, 4) is 0 Å². The number of piperazine rings is 1. The highest BCUT2D eigenvalue weighted by Crippen LogP contribution is 2.31. The van der Waals surface area contributed by atoms with Crippen LogP contribution in [0.2, 0.25) is 0 Å². The van der Waals surface area contributed by atoms with Gasteiger partial charge in [-0.15, -0.1) is 0 Å². The van der Waals surface area contributed by atoms with Crippen molar-refractivity contribution in [3.63, 3.8) is 0 Å². The summed E-state index contributed by atoms with van der Waals surface area (Å²) in [5, 5.41) is 0. The van der Waals surface area contributed by atoms with Crippen LogP contribution < -0.4 is 0 Å². The monoisotopic (exact) mass is 222 g/mol. The van der Waals surface area contributed by atoms with Crippen LogP contribution in [0.5, 0.6) is 0 Å². The molecule has 2 aliphatic carbocycles. The molecule has 0 atom stereocenters. The van der Waals surface area contributed by atoms with E-state index >= 15 is 0 Å². The second-order valence-corrected chi connectivity index (χ2v) is 5.70. The van der Waals surface area contributed by atoms with Gasteiger partial charge in [-0.05, 0) is 31.6 Å². The maximum absolute atomic E-state index is 12.0. The number of hydrogen-bond acceptors (Lipinski definition) is 2. The highest BCUT2D eigenvalue weighted by Gasteiger charge is 2.32. The third-order valence-electron chi connectivity index (χ3n) is 4.35. The molecule has 0 aromatic carbocycles. The predicted molar refractivity (Wildman–Crippen MR) is 63.1 cm³/mol. The van der Waals surface area contributed by atoms with Crippen molar-refractivity contribution in [1.29, 1.82) is 0 Å². The van der Waals surface area contributed by atoms with Crippen molar-refractivity contribution in [2.24, 2.45) is 11.8 Å². The van der Waals surface area contributed by atoms with Crippen LogP contribution in [-0.2, 0) is 4.79 Å². The number of hydrogen-bond donors (Lipinski definition) is 0. The number of amides is 1. The van der Waals surface area contributed by atoms with Crippen LogP contribution in [0, 0.1) is 11.8 Å². The minimum atomic E-state index is 0.384. The van der Waals surface area contributed by atoms with E-state index in [1.54, 1.807) is 0 Å². The molecule has 1 aliphatic heterocycles. The molecule has 0 N–H and O–H groups in total. The summed E-state index contributed by atoms with van der Waals surface area (Å²) in [6, 6.07) is 0. The average Bonchev–Trinajstić information content (AvgIpc) is 3.00. The minimum absolute atomic E-state index is 0.384. The summed E-state index contributed by atoms with van der Waals surface area (Å²) in [5.74, 6) is 1.81. The van der Waals surface area contributed by atoms with Crippen LogP contribution in [0.15, 0.2) is 0 Å². The Morgan fingerprint density at radius 3 is 2.19 bits per heavy atom. The molecule has 1 saturated heterocycles. The average molecular weight is 222 g/mol. The van der Waals surface area contributed by atoms with E-state index in [-0.39, 0.29) is 0 Å². The lowest BCUT2D eigenvalue weighted by molar-refractivity contribution is -0.139. The Morgan fingerprint density at radius 1 is 1.00 bits per heavy atom. The van der Waals surface area contributed by atoms with Gasteiger partial charge in [0.2, 0.25) is 5.91 Å². The third kappa shape index (κ3) is 2.24. The smallest absolute Gasteiger partial charge is 0.225 e. The molecule has 0 aromatic heterocycles. The molecule has 3 fully saturated rings. The molecule has 16 heavy (non-hydrogen) atoms. The fraction of sp³-hybridized carbons (Fsp3) is 0.923. The zero-order chi connectivity index (χ0) is 11.0. The molecule has 1 heterocycles. The van der Waals surface area contributed by atoms with Gasteiger partial charge in [-0.3, -0.25) is 9.69 Å². The summed E-state index contributed by atoms with van der Waals surface area (Å²) >= 11 is 0. The fourth-order valence-electron chi connectivity index (χ4n) is 2.73. The highest BCUT2D eigenvalue weighted by atomic mass is 16.2. The number of carbonyl (C=O) groups is 1. The Balaban J connectivity index is 1.43. The largest absolute Gasteiger partial charge is 0.340 e. The summed E-state index contributed by atoms with van der Waals surface area (Å²) in [5.41, 5.74) is 0. The maximum atomic E-state index is 12.0. The van der Waals surface area contributed by atoms with E-state index in [4.69, 9.17) is 0 Å². The molecule has 0 unspecified atom stereocenters. The minimum Gasteiger partial charge on any atom is -0.340 e. The van der Waals surface area contributed by atoms with Crippen LogP contribution in [-0.4, -0.2) is 48.4 Å². The number of carbonyl (C=O) groups excluding carboxylic acids is 1. The van der Waals surface area contributed by atoms with Gasteiger partial charge in [0.1, 0.15) is 0 Å². The SMILES string of the molecule is O=C(C1CCC1)N1CCN(CC2CC2)CC1. The van der Waals surface area contributed by atoms with E-state index in [0.29, 0.717) is 11.8 Å². The van der Waals surface area contributed by atoms with Crippen LogP contribution >= 0.6 is 0 Å². The van der Waals surface area contributed by atoms with Gasteiger partial charge in [-0.2, -0.15) is 0 Å². The zero-order valence-corrected chi connectivity index (χ0v) is 10.0. The van der Waals surface area contributed by atoms with Gasteiger partial charge < -0.3 is 4.90 Å². The van der Waals surface area contributed by atoms with Crippen molar-refractivity contribution in [2.75, 3.05) is 32.7 Å². The predicted octanol–water partition coefficient (Wildman–Crippen LogP) is 1.34. The first-order chi connectivity index (χ1) is 7.83. The number of rotatable bonds is 3. The molecule has 0 bridgehead atoms. The molecule has 2 saturated carbocycles. The molecule has 90 valence electrons. The van der Waals surface area contributed by atoms with Gasteiger partial charge in [-0.1, -0.05) is 6.42 Å². The van der Waals surface area contributed by atoms with Crippen LogP contribution in [0.4, 0.5) is 0 Å². The first-order valence-corrected chi connectivity index (χ1v) is 6.84. The molecule has 3 rings (SSSR count). The van der Waals surface area contributed by atoms with Crippen molar-refractivity contribution in [2.45, 2.75) is 32.1 Å². The van der Waals surface area contributed by atoms with Crippen molar-refractivity contribution in [3.05, 3.63) is 0 Å². The van der Waals surface area contributed by atoms with Gasteiger partial charge in [-0.25, -0.2) is 0 Å². The Kier molecular flexibility index (Phi) is 2.88. The lowest BCUT2D eigenvalue weighted by Gasteiger charge is -2.38. The second kappa shape index (κ2) is 4.36. The van der Waals surface area contributed by atoms with Gasteiger partial charge >= 0.3 is 0 Å². The van der Waals surface area contributed by atoms with Crippen molar-refractivity contribution >= 4 is 5.91 Å². The summed E-state index contributed by atoms with van der Waals surface area (Å²) in [4.78, 5) is 16.7. The zero-order valence-electron chi connectivity index (χ0n) is 10.0. The first-order valence-electron chi connectivity index (χ1n) is 6.84. The summed E-state index contributed by atoms with van der Waals surface area (Å²) in [7, 11) is 0. The first kappa shape index (κ1) is 10.6. The lowest BCUT2D eigenvalue weighted by atomic mass is 9.84. The van der Waals surface area contributed by atoms with E-state index in [0.717, 1.165) is 44.9 Å². The standard InChI is InChI=1S/C13H22N2O/c16-13(12-2-1-3-12)15-8-6-14(7-9-15)10-11-4-5-11/h11-12H,1-10H2. The van der Waals surface area contributed by atoms with E-state index in [2.05, 4.69) is 9.80 Å². The van der Waals surface area contributed by atoms with Gasteiger partial charge in [0.15, 0.2) is 0 Å². The van der Waals surface area contributed by atoms with E-state index in [1.807, 2.05) is 0 Å². The Bertz CT molecular complexity index is 263. The Labute approximate surface area is 97.8 Å². The van der Waals surface area contributed by atoms with E-state index < -0.39 is 0 Å². The van der Waals surface area contributed by atoms with Gasteiger partial charge in [0.05, 0.1) is 0 Å². The topological polar surface area (TPSA) is 23.6 Å². The molecule has 3 heteroatoms. The fourth-order valence-corrected chi connectivity index (χ4v) is 2.73. The summed E-state index contributed by atoms with van der Waals surface area (Å²) in [6.07, 6.45) is 6.41. The Morgan fingerprint density at radius 2 is 1.69 bits per heavy atom. The highest BCUT2D eigenvalue weighted by molar-refractivity contribution is 5.79. The van der Waals surface area contributed by atoms with Crippen LogP contribution in [0.3, 0.4) is 0 Å². The second-order valence-electron chi connectivity index (χ2n) is 5.70. The van der Waals surface area contributed by atoms with Gasteiger partial charge in [0.25, 0.3) is 0 Å². The number of nitrogens with zero attached hydrogens (tertiary/aromatic N) is 2.